The summed E-state index contributed by atoms with van der Waals surface area (Å²) in [5.41, 5.74) is 10.8. The van der Waals surface area contributed by atoms with E-state index in [1.165, 1.54) is 31.3 Å². The molecule has 2 aromatic heterocycles. The summed E-state index contributed by atoms with van der Waals surface area (Å²) >= 11 is 1.85. The van der Waals surface area contributed by atoms with Crippen LogP contribution in [0.25, 0.3) is 53.2 Å². The van der Waals surface area contributed by atoms with Crippen LogP contribution in [0.5, 0.6) is 0 Å². The molecule has 0 N–H and O–H groups in total. The van der Waals surface area contributed by atoms with Gasteiger partial charge >= 0.3 is 0 Å². The summed E-state index contributed by atoms with van der Waals surface area (Å²) in [6, 6.07) is 69.0. The molecule has 0 saturated carbocycles. The monoisotopic (exact) mass is 684 g/mol. The SMILES string of the molecule is c1ccc(-c2ccccc2N(c2ccccc2)c2cccc3c2sc2cc(N(c4ccccc4)c4ccc5c(c4)oc4ccccc45)ccc23)cc1. The molecule has 10 rings (SSSR count). The van der Waals surface area contributed by atoms with Crippen LogP contribution in [0.1, 0.15) is 0 Å². The van der Waals surface area contributed by atoms with E-state index in [4.69, 9.17) is 4.42 Å². The molecule has 0 unspecified atom stereocenters. The molecular formula is C48H32N2OS. The first-order valence-corrected chi connectivity index (χ1v) is 18.3. The molecule has 0 atom stereocenters. The lowest BCUT2D eigenvalue weighted by molar-refractivity contribution is 0.669. The highest BCUT2D eigenvalue weighted by molar-refractivity contribution is 7.26. The fourth-order valence-electron chi connectivity index (χ4n) is 7.48. The van der Waals surface area contributed by atoms with E-state index >= 15 is 0 Å². The number of thiophene rings is 1. The topological polar surface area (TPSA) is 19.6 Å². The molecule has 0 bridgehead atoms. The van der Waals surface area contributed by atoms with Crippen molar-refractivity contribution in [3.05, 3.63) is 194 Å². The number of fused-ring (bicyclic) bond motifs is 6. The molecule has 0 aliphatic rings. The second-order valence-electron chi connectivity index (χ2n) is 12.9. The molecule has 246 valence electrons. The first-order valence-electron chi connectivity index (χ1n) is 17.5. The van der Waals surface area contributed by atoms with Gasteiger partial charge in [0.05, 0.1) is 16.1 Å². The third kappa shape index (κ3) is 5.12. The summed E-state index contributed by atoms with van der Waals surface area (Å²) in [7, 11) is 0. The van der Waals surface area contributed by atoms with E-state index in [0.29, 0.717) is 0 Å². The van der Waals surface area contributed by atoms with Crippen molar-refractivity contribution in [1.82, 2.24) is 0 Å². The van der Waals surface area contributed by atoms with Crippen LogP contribution >= 0.6 is 11.3 Å². The highest BCUT2D eigenvalue weighted by Crippen LogP contribution is 2.48. The van der Waals surface area contributed by atoms with Crippen LogP contribution in [0.2, 0.25) is 0 Å². The molecule has 2 heterocycles. The minimum absolute atomic E-state index is 0.879. The van der Waals surface area contributed by atoms with Gasteiger partial charge in [-0.3, -0.25) is 0 Å². The maximum atomic E-state index is 6.34. The lowest BCUT2D eigenvalue weighted by Crippen LogP contribution is -2.11. The molecule has 0 aliphatic heterocycles. The van der Waals surface area contributed by atoms with E-state index in [9.17, 15) is 0 Å². The number of nitrogens with zero attached hydrogens (tertiary/aromatic N) is 2. The van der Waals surface area contributed by atoms with Gasteiger partial charge in [0.25, 0.3) is 0 Å². The van der Waals surface area contributed by atoms with Gasteiger partial charge in [-0.1, -0.05) is 121 Å². The summed E-state index contributed by atoms with van der Waals surface area (Å²) < 4.78 is 8.82. The summed E-state index contributed by atoms with van der Waals surface area (Å²) in [5.74, 6) is 0. The van der Waals surface area contributed by atoms with Crippen LogP contribution in [0.15, 0.2) is 199 Å². The Morgan fingerprint density at radius 3 is 1.73 bits per heavy atom. The summed E-state index contributed by atoms with van der Waals surface area (Å²) in [5, 5.41) is 4.75. The zero-order valence-electron chi connectivity index (χ0n) is 28.2. The number of hydrogen-bond acceptors (Lipinski definition) is 4. The molecule has 10 aromatic rings. The molecule has 8 aromatic carbocycles. The standard InChI is InChI=1S/C48H32N2OS/c1-4-15-33(16-5-1)38-21-10-12-24-43(38)50(35-19-8-3-9-20-35)44-25-14-23-42-41-30-28-37(32-47(41)52-48(42)44)49(34-17-6-2-7-18-34)36-27-29-40-39-22-11-13-26-45(39)51-46(40)31-36/h1-32H. The molecule has 0 aliphatic carbocycles. The third-order valence-corrected chi connectivity index (χ3v) is 11.0. The number of para-hydroxylation sites is 4. The normalized spacial score (nSPS) is 11.5. The Balaban J connectivity index is 1.15. The zero-order chi connectivity index (χ0) is 34.4. The van der Waals surface area contributed by atoms with Crippen molar-refractivity contribution in [1.29, 1.82) is 0 Å². The van der Waals surface area contributed by atoms with Gasteiger partial charge in [0.2, 0.25) is 0 Å². The van der Waals surface area contributed by atoms with E-state index in [1.807, 2.05) is 23.5 Å². The van der Waals surface area contributed by atoms with E-state index in [0.717, 1.165) is 56.1 Å². The number of hydrogen-bond donors (Lipinski definition) is 0. The van der Waals surface area contributed by atoms with Crippen LogP contribution in [-0.2, 0) is 0 Å². The average Bonchev–Trinajstić information content (AvgIpc) is 3.78. The Morgan fingerprint density at radius 2 is 0.942 bits per heavy atom. The lowest BCUT2D eigenvalue weighted by atomic mass is 10.0. The highest BCUT2D eigenvalue weighted by atomic mass is 32.1. The van der Waals surface area contributed by atoms with E-state index < -0.39 is 0 Å². The maximum absolute atomic E-state index is 6.34. The fourth-order valence-corrected chi connectivity index (χ4v) is 8.72. The lowest BCUT2D eigenvalue weighted by Gasteiger charge is -2.28. The first-order chi connectivity index (χ1) is 25.8. The Morgan fingerprint density at radius 1 is 0.365 bits per heavy atom. The van der Waals surface area contributed by atoms with Crippen LogP contribution in [-0.4, -0.2) is 0 Å². The molecule has 3 nitrogen and oxygen atoms in total. The van der Waals surface area contributed by atoms with Gasteiger partial charge < -0.3 is 14.2 Å². The van der Waals surface area contributed by atoms with Crippen LogP contribution in [0, 0.1) is 0 Å². The molecule has 0 fully saturated rings. The number of benzene rings is 8. The van der Waals surface area contributed by atoms with Crippen molar-refractivity contribution in [2.75, 3.05) is 9.80 Å². The molecule has 0 spiro atoms. The van der Waals surface area contributed by atoms with Crippen molar-refractivity contribution < 1.29 is 4.42 Å². The molecule has 0 amide bonds. The van der Waals surface area contributed by atoms with Crippen molar-refractivity contribution in [3.63, 3.8) is 0 Å². The summed E-state index contributed by atoms with van der Waals surface area (Å²) in [6.45, 7) is 0. The minimum Gasteiger partial charge on any atom is -0.456 e. The van der Waals surface area contributed by atoms with E-state index in [-0.39, 0.29) is 0 Å². The summed E-state index contributed by atoms with van der Waals surface area (Å²) in [4.78, 5) is 4.74. The molecule has 52 heavy (non-hydrogen) atoms. The van der Waals surface area contributed by atoms with Crippen molar-refractivity contribution >= 4 is 87.6 Å². The average molecular weight is 685 g/mol. The van der Waals surface area contributed by atoms with Gasteiger partial charge in [-0.2, -0.15) is 0 Å². The Kier molecular flexibility index (Phi) is 7.33. The molecule has 0 radical (unpaired) electrons. The number of rotatable bonds is 7. The second kappa shape index (κ2) is 12.6. The first kappa shape index (κ1) is 30.2. The number of furan rings is 1. The second-order valence-corrected chi connectivity index (χ2v) is 14.0. The molecule has 4 heteroatoms. The van der Waals surface area contributed by atoms with Gasteiger partial charge in [0.15, 0.2) is 0 Å². The van der Waals surface area contributed by atoms with Crippen LogP contribution < -0.4 is 9.80 Å². The number of anilines is 6. The Hall–Kier alpha value is -6.62. The highest BCUT2D eigenvalue weighted by Gasteiger charge is 2.22. The predicted molar refractivity (Wildman–Crippen MR) is 221 cm³/mol. The van der Waals surface area contributed by atoms with E-state index in [2.05, 4.69) is 192 Å². The fraction of sp³-hybridized carbons (Fsp3) is 0. The van der Waals surface area contributed by atoms with E-state index in [1.54, 1.807) is 0 Å². The van der Waals surface area contributed by atoms with Crippen molar-refractivity contribution in [2.45, 2.75) is 0 Å². The van der Waals surface area contributed by atoms with Gasteiger partial charge in [0.1, 0.15) is 11.2 Å². The Labute approximate surface area is 305 Å². The van der Waals surface area contributed by atoms with Gasteiger partial charge in [0, 0.05) is 60.6 Å². The van der Waals surface area contributed by atoms with Gasteiger partial charge in [-0.25, -0.2) is 0 Å². The largest absolute Gasteiger partial charge is 0.456 e. The molecule has 0 saturated heterocycles. The smallest absolute Gasteiger partial charge is 0.137 e. The quantitative estimate of drug-likeness (QED) is 0.167. The van der Waals surface area contributed by atoms with Gasteiger partial charge in [-0.05, 0) is 72.3 Å². The van der Waals surface area contributed by atoms with Gasteiger partial charge in [-0.15, -0.1) is 11.3 Å². The maximum Gasteiger partial charge on any atom is 0.137 e. The summed E-state index contributed by atoms with van der Waals surface area (Å²) in [6.07, 6.45) is 0. The van der Waals surface area contributed by atoms with Crippen molar-refractivity contribution in [3.8, 4) is 11.1 Å². The van der Waals surface area contributed by atoms with Crippen LogP contribution in [0.4, 0.5) is 34.1 Å². The zero-order valence-corrected chi connectivity index (χ0v) is 29.0. The van der Waals surface area contributed by atoms with Crippen molar-refractivity contribution in [2.24, 2.45) is 0 Å². The minimum atomic E-state index is 0.879. The predicted octanol–water partition coefficient (Wildman–Crippen LogP) is 14.6. The van der Waals surface area contributed by atoms with Crippen LogP contribution in [0.3, 0.4) is 0 Å². The Bertz CT molecular complexity index is 2860. The molecular weight excluding hydrogens is 653 g/mol. The third-order valence-electron chi connectivity index (χ3n) is 9.84.